The number of hydrogen-bond donors (Lipinski definition) is 1. The molecule has 1 N–H and O–H groups in total. The van der Waals surface area contributed by atoms with Gasteiger partial charge in [0.25, 0.3) is 0 Å². The van der Waals surface area contributed by atoms with Crippen molar-refractivity contribution < 1.29 is 19.1 Å². The maximum Gasteiger partial charge on any atom is 0.323 e. The summed E-state index contributed by atoms with van der Waals surface area (Å²) in [5.41, 5.74) is 0. The minimum absolute atomic E-state index is 0.0838. The molecule has 0 spiro atoms. The van der Waals surface area contributed by atoms with Gasteiger partial charge in [-0.2, -0.15) is 0 Å². The molecule has 1 aliphatic carbocycles. The first kappa shape index (κ1) is 13.0. The molecule has 0 radical (unpaired) electrons. The molecule has 2 aliphatic rings. The van der Waals surface area contributed by atoms with Crippen molar-refractivity contribution in [1.29, 1.82) is 0 Å². The van der Waals surface area contributed by atoms with Gasteiger partial charge in [-0.15, -0.1) is 0 Å². The van der Waals surface area contributed by atoms with Gasteiger partial charge in [-0.05, 0) is 25.2 Å². The van der Waals surface area contributed by atoms with Gasteiger partial charge in [0.2, 0.25) is 11.8 Å². The molecule has 0 aromatic heterocycles. The number of piperazine rings is 1. The number of hydrogen-bond acceptors (Lipinski definition) is 5. The van der Waals surface area contributed by atoms with Gasteiger partial charge >= 0.3 is 5.97 Å². The van der Waals surface area contributed by atoms with Gasteiger partial charge in [-0.1, -0.05) is 6.92 Å². The largest absolute Gasteiger partial charge is 0.468 e. The Morgan fingerprint density at radius 3 is 2.67 bits per heavy atom. The highest BCUT2D eigenvalue weighted by molar-refractivity contribution is 6.01. The lowest BCUT2D eigenvalue weighted by Crippen LogP contribution is -2.62. The molecular weight excluding hydrogens is 236 g/mol. The molecule has 2 fully saturated rings. The van der Waals surface area contributed by atoms with E-state index in [1.54, 1.807) is 4.90 Å². The molecule has 1 heterocycles. The number of amides is 2. The Hall–Kier alpha value is -1.43. The number of ether oxygens (including phenoxy) is 1. The number of carbonyl (C=O) groups excluding carboxylic acids is 3. The van der Waals surface area contributed by atoms with E-state index in [1.165, 1.54) is 7.11 Å². The van der Waals surface area contributed by atoms with E-state index >= 15 is 0 Å². The predicted octanol–water partition coefficient (Wildman–Crippen LogP) is -0.325. The molecule has 2 atom stereocenters. The van der Waals surface area contributed by atoms with Crippen LogP contribution in [0.5, 0.6) is 0 Å². The zero-order valence-corrected chi connectivity index (χ0v) is 10.6. The van der Waals surface area contributed by atoms with Gasteiger partial charge in [0, 0.05) is 0 Å². The summed E-state index contributed by atoms with van der Waals surface area (Å²) in [5, 5.41) is 2.31. The summed E-state index contributed by atoms with van der Waals surface area (Å²) >= 11 is 0. The second-order valence-corrected chi connectivity index (χ2v) is 4.81. The molecule has 1 aliphatic heterocycles. The first-order chi connectivity index (χ1) is 8.58. The van der Waals surface area contributed by atoms with E-state index in [0.29, 0.717) is 6.42 Å². The minimum atomic E-state index is -0.463. The zero-order valence-electron chi connectivity index (χ0n) is 10.6. The van der Waals surface area contributed by atoms with Crippen molar-refractivity contribution in [2.75, 3.05) is 13.7 Å². The maximum absolute atomic E-state index is 11.9. The average Bonchev–Trinajstić information content (AvgIpc) is 3.13. The molecule has 2 unspecified atom stereocenters. The Balaban J connectivity index is 2.22. The molecule has 0 aromatic rings. The van der Waals surface area contributed by atoms with Crippen molar-refractivity contribution in [3.63, 3.8) is 0 Å². The van der Waals surface area contributed by atoms with Gasteiger partial charge in [-0.25, -0.2) is 0 Å². The topological polar surface area (TPSA) is 75.7 Å². The number of imide groups is 1. The fourth-order valence-corrected chi connectivity index (χ4v) is 2.53. The Labute approximate surface area is 106 Å². The molecule has 0 bridgehead atoms. The number of esters is 1. The highest BCUT2D eigenvalue weighted by atomic mass is 16.5. The number of rotatable bonds is 4. The lowest BCUT2D eigenvalue weighted by molar-refractivity contribution is -0.154. The van der Waals surface area contributed by atoms with Gasteiger partial charge < -0.3 is 4.74 Å². The summed E-state index contributed by atoms with van der Waals surface area (Å²) in [4.78, 5) is 36.8. The van der Waals surface area contributed by atoms with Crippen LogP contribution in [0.4, 0.5) is 0 Å². The van der Waals surface area contributed by atoms with Crippen LogP contribution in [0.15, 0.2) is 0 Å². The summed E-state index contributed by atoms with van der Waals surface area (Å²) in [6.07, 6.45) is 2.46. The summed E-state index contributed by atoms with van der Waals surface area (Å²) in [5.74, 6) is -0.800. The van der Waals surface area contributed by atoms with Crippen LogP contribution in [0, 0.1) is 5.92 Å². The van der Waals surface area contributed by atoms with Crippen LogP contribution >= 0.6 is 0 Å². The molecular formula is C12H18N2O4. The zero-order chi connectivity index (χ0) is 13.3. The lowest BCUT2D eigenvalue weighted by Gasteiger charge is -2.37. The highest BCUT2D eigenvalue weighted by Crippen LogP contribution is 2.37. The van der Waals surface area contributed by atoms with Crippen molar-refractivity contribution in [3.05, 3.63) is 0 Å². The molecule has 1 saturated carbocycles. The van der Waals surface area contributed by atoms with E-state index in [0.717, 1.165) is 12.8 Å². The van der Waals surface area contributed by atoms with E-state index in [2.05, 4.69) is 5.32 Å². The van der Waals surface area contributed by atoms with Crippen molar-refractivity contribution >= 4 is 17.8 Å². The maximum atomic E-state index is 11.9. The monoisotopic (exact) mass is 254 g/mol. The molecule has 2 rings (SSSR count). The van der Waals surface area contributed by atoms with Crippen LogP contribution in [-0.2, 0) is 19.1 Å². The standard InChI is InChI=1S/C12H18N2O4/c1-3-8-11(16)13-9(15)6-14(8)10(7-4-5-7)12(17)18-2/h7-8,10H,3-6H2,1-2H3,(H,13,15,16). The molecule has 1 saturated heterocycles. The molecule has 100 valence electrons. The molecule has 6 heteroatoms. The quantitative estimate of drug-likeness (QED) is 0.549. The third kappa shape index (κ3) is 2.38. The fraction of sp³-hybridized carbons (Fsp3) is 0.750. The molecule has 0 aromatic carbocycles. The van der Waals surface area contributed by atoms with Crippen LogP contribution in [-0.4, -0.2) is 48.4 Å². The smallest absolute Gasteiger partial charge is 0.323 e. The van der Waals surface area contributed by atoms with Crippen molar-refractivity contribution in [2.24, 2.45) is 5.92 Å². The highest BCUT2D eigenvalue weighted by Gasteiger charge is 2.47. The number of nitrogens with zero attached hydrogens (tertiary/aromatic N) is 1. The summed E-state index contributed by atoms with van der Waals surface area (Å²) in [6.45, 7) is 1.95. The fourth-order valence-electron chi connectivity index (χ4n) is 2.53. The van der Waals surface area contributed by atoms with Gasteiger partial charge in [0.15, 0.2) is 0 Å². The number of methoxy groups -OCH3 is 1. The van der Waals surface area contributed by atoms with Crippen molar-refractivity contribution in [2.45, 2.75) is 38.3 Å². The van der Waals surface area contributed by atoms with E-state index in [9.17, 15) is 14.4 Å². The van der Waals surface area contributed by atoms with Crippen LogP contribution < -0.4 is 5.32 Å². The Bertz CT molecular complexity index is 378. The first-order valence-electron chi connectivity index (χ1n) is 6.25. The van der Waals surface area contributed by atoms with Crippen molar-refractivity contribution in [3.8, 4) is 0 Å². The van der Waals surface area contributed by atoms with Gasteiger partial charge in [0.1, 0.15) is 6.04 Å². The normalized spacial score (nSPS) is 26.7. The summed E-state index contributed by atoms with van der Waals surface area (Å²) in [6, 6.07) is -0.887. The third-order valence-electron chi connectivity index (χ3n) is 3.55. The second kappa shape index (κ2) is 5.06. The van der Waals surface area contributed by atoms with E-state index in [4.69, 9.17) is 4.74 Å². The summed E-state index contributed by atoms with van der Waals surface area (Å²) in [7, 11) is 1.34. The Morgan fingerprint density at radius 2 is 2.17 bits per heavy atom. The van der Waals surface area contributed by atoms with Gasteiger partial charge in [-0.3, -0.25) is 24.6 Å². The number of nitrogens with one attached hydrogen (secondary N) is 1. The summed E-state index contributed by atoms with van der Waals surface area (Å²) < 4.78 is 4.81. The average molecular weight is 254 g/mol. The van der Waals surface area contributed by atoms with Crippen molar-refractivity contribution in [1.82, 2.24) is 10.2 Å². The molecule has 2 amide bonds. The number of carbonyl (C=O) groups is 3. The van der Waals surface area contributed by atoms with E-state index < -0.39 is 12.1 Å². The Morgan fingerprint density at radius 1 is 1.50 bits per heavy atom. The second-order valence-electron chi connectivity index (χ2n) is 4.81. The van der Waals surface area contributed by atoms with Gasteiger partial charge in [0.05, 0.1) is 19.7 Å². The van der Waals surface area contributed by atoms with Crippen LogP contribution in [0.3, 0.4) is 0 Å². The predicted molar refractivity (Wildman–Crippen MR) is 62.5 cm³/mol. The third-order valence-corrected chi connectivity index (χ3v) is 3.55. The molecule has 18 heavy (non-hydrogen) atoms. The van der Waals surface area contributed by atoms with Crippen LogP contribution in [0.25, 0.3) is 0 Å². The first-order valence-corrected chi connectivity index (χ1v) is 6.25. The Kier molecular flexibility index (Phi) is 3.65. The molecule has 6 nitrogen and oxygen atoms in total. The minimum Gasteiger partial charge on any atom is -0.468 e. The van der Waals surface area contributed by atoms with Crippen LogP contribution in [0.1, 0.15) is 26.2 Å². The van der Waals surface area contributed by atoms with E-state index in [-0.39, 0.29) is 30.2 Å². The SMILES string of the molecule is CCC1C(=O)NC(=O)CN1C(C(=O)OC)C1CC1. The van der Waals surface area contributed by atoms with E-state index in [1.807, 2.05) is 6.92 Å². The lowest BCUT2D eigenvalue weighted by atomic mass is 10.0. The van der Waals surface area contributed by atoms with Crippen LogP contribution in [0.2, 0.25) is 0 Å².